The first-order chi connectivity index (χ1) is 11.2. The van der Waals surface area contributed by atoms with Crippen LogP contribution in [0, 0.1) is 0 Å². The molecular formula is C18H34O5. The summed E-state index contributed by atoms with van der Waals surface area (Å²) in [5.41, 5.74) is 0. The molecule has 0 aromatic carbocycles. The zero-order valence-corrected chi connectivity index (χ0v) is 14.2. The first-order valence-electron chi connectivity index (χ1n) is 9.01. The van der Waals surface area contributed by atoms with E-state index in [1.807, 2.05) is 6.08 Å². The second-order valence-electron chi connectivity index (χ2n) is 6.40. The summed E-state index contributed by atoms with van der Waals surface area (Å²) in [5.74, 6) is 0. The Labute approximate surface area is 140 Å². The minimum atomic E-state index is -1.03. The highest BCUT2D eigenvalue weighted by Crippen LogP contribution is 2.18. The lowest BCUT2D eigenvalue weighted by molar-refractivity contribution is -0.0813. The Morgan fingerprint density at radius 1 is 1.04 bits per heavy atom. The van der Waals surface area contributed by atoms with Gasteiger partial charge in [-0.3, -0.25) is 0 Å². The molecule has 0 unspecified atom stereocenters. The van der Waals surface area contributed by atoms with E-state index in [9.17, 15) is 15.3 Å². The van der Waals surface area contributed by atoms with Gasteiger partial charge in [0.1, 0.15) is 24.4 Å². The van der Waals surface area contributed by atoms with E-state index in [4.69, 9.17) is 9.47 Å². The molecule has 1 heterocycles. The van der Waals surface area contributed by atoms with Gasteiger partial charge in [-0.15, -0.1) is 6.58 Å². The predicted molar refractivity (Wildman–Crippen MR) is 90.3 cm³/mol. The zero-order chi connectivity index (χ0) is 16.9. The molecule has 1 rings (SSSR count). The number of hydrogen-bond acceptors (Lipinski definition) is 5. The molecule has 23 heavy (non-hydrogen) atoms. The van der Waals surface area contributed by atoms with Crippen molar-refractivity contribution >= 4 is 0 Å². The molecule has 136 valence electrons. The molecule has 0 aliphatic carbocycles. The minimum absolute atomic E-state index is 0.0660. The molecule has 1 aliphatic heterocycles. The van der Waals surface area contributed by atoms with Gasteiger partial charge in [-0.1, -0.05) is 44.6 Å². The van der Waals surface area contributed by atoms with Gasteiger partial charge in [0, 0.05) is 6.61 Å². The monoisotopic (exact) mass is 330 g/mol. The topological polar surface area (TPSA) is 79.2 Å². The van der Waals surface area contributed by atoms with E-state index < -0.39 is 24.4 Å². The third-order valence-corrected chi connectivity index (χ3v) is 4.31. The molecule has 4 atom stereocenters. The standard InChI is InChI=1S/C18H34O5/c1-2-3-4-5-6-7-8-9-10-11-12-22-13-16(20)18-17(21)15(19)14-23-18/h2,15-21H,1,3-14H2/t15-,16+,17-,18-/m1/s1. The molecule has 0 radical (unpaired) electrons. The van der Waals surface area contributed by atoms with Crippen LogP contribution in [0.25, 0.3) is 0 Å². The Bertz CT molecular complexity index is 297. The SMILES string of the molecule is C=CCCCCCCCCCCOC[C@H](O)[C@H]1OC[C@@H](O)[C@H]1O. The molecule has 1 fully saturated rings. The largest absolute Gasteiger partial charge is 0.388 e. The van der Waals surface area contributed by atoms with Crippen molar-refractivity contribution in [2.24, 2.45) is 0 Å². The third kappa shape index (κ3) is 8.82. The quantitative estimate of drug-likeness (QED) is 0.336. The molecule has 0 amide bonds. The Balaban J connectivity index is 1.85. The molecule has 3 N–H and O–H groups in total. The van der Waals surface area contributed by atoms with Gasteiger partial charge in [0.05, 0.1) is 13.2 Å². The average molecular weight is 330 g/mol. The highest BCUT2D eigenvalue weighted by Gasteiger charge is 2.39. The van der Waals surface area contributed by atoms with Crippen molar-refractivity contribution in [1.29, 1.82) is 0 Å². The summed E-state index contributed by atoms with van der Waals surface area (Å²) in [5, 5.41) is 28.9. The maximum atomic E-state index is 9.87. The first-order valence-corrected chi connectivity index (χ1v) is 9.01. The van der Waals surface area contributed by atoms with Crippen LogP contribution in [0.2, 0.25) is 0 Å². The summed E-state index contributed by atoms with van der Waals surface area (Å²) in [6, 6.07) is 0. The lowest BCUT2D eigenvalue weighted by atomic mass is 10.1. The Hall–Kier alpha value is -0.460. The molecule has 1 saturated heterocycles. The van der Waals surface area contributed by atoms with Gasteiger partial charge in [0.2, 0.25) is 0 Å². The number of aliphatic hydroxyl groups excluding tert-OH is 3. The lowest BCUT2D eigenvalue weighted by Crippen LogP contribution is -2.40. The number of unbranched alkanes of at least 4 members (excludes halogenated alkanes) is 8. The maximum Gasteiger partial charge on any atom is 0.114 e. The van der Waals surface area contributed by atoms with E-state index in [2.05, 4.69) is 6.58 Å². The van der Waals surface area contributed by atoms with E-state index in [1.54, 1.807) is 0 Å². The van der Waals surface area contributed by atoms with E-state index in [0.29, 0.717) is 6.61 Å². The van der Waals surface area contributed by atoms with Crippen molar-refractivity contribution in [2.75, 3.05) is 19.8 Å². The second kappa shape index (κ2) is 12.9. The van der Waals surface area contributed by atoms with Crippen molar-refractivity contribution in [3.8, 4) is 0 Å². The highest BCUT2D eigenvalue weighted by atomic mass is 16.5. The van der Waals surface area contributed by atoms with Crippen molar-refractivity contribution in [3.63, 3.8) is 0 Å². The molecule has 0 aromatic heterocycles. The van der Waals surface area contributed by atoms with E-state index in [-0.39, 0.29) is 13.2 Å². The summed E-state index contributed by atoms with van der Waals surface area (Å²) in [6.45, 7) is 4.54. The number of ether oxygens (including phenoxy) is 2. The van der Waals surface area contributed by atoms with Crippen molar-refractivity contribution in [2.45, 2.75) is 82.2 Å². The summed E-state index contributed by atoms with van der Waals surface area (Å²) < 4.78 is 10.6. The predicted octanol–water partition coefficient (Wildman–Crippen LogP) is 2.18. The minimum Gasteiger partial charge on any atom is -0.388 e. The summed E-state index contributed by atoms with van der Waals surface area (Å²) >= 11 is 0. The summed E-state index contributed by atoms with van der Waals surface area (Å²) in [7, 11) is 0. The van der Waals surface area contributed by atoms with Gasteiger partial charge >= 0.3 is 0 Å². The molecule has 5 nitrogen and oxygen atoms in total. The van der Waals surface area contributed by atoms with Crippen LogP contribution in [-0.2, 0) is 9.47 Å². The summed E-state index contributed by atoms with van der Waals surface area (Å²) in [4.78, 5) is 0. The fourth-order valence-electron chi connectivity index (χ4n) is 2.82. The van der Waals surface area contributed by atoms with Crippen LogP contribution < -0.4 is 0 Å². The van der Waals surface area contributed by atoms with E-state index >= 15 is 0 Å². The maximum absolute atomic E-state index is 9.87. The number of hydrogen-bond donors (Lipinski definition) is 3. The molecular weight excluding hydrogens is 296 g/mol. The second-order valence-corrected chi connectivity index (χ2v) is 6.40. The highest BCUT2D eigenvalue weighted by molar-refractivity contribution is 4.87. The molecule has 5 heteroatoms. The van der Waals surface area contributed by atoms with Crippen molar-refractivity contribution < 1.29 is 24.8 Å². The first kappa shape index (κ1) is 20.6. The fourth-order valence-corrected chi connectivity index (χ4v) is 2.82. The van der Waals surface area contributed by atoms with Crippen LogP contribution in [0.3, 0.4) is 0 Å². The van der Waals surface area contributed by atoms with Crippen molar-refractivity contribution in [1.82, 2.24) is 0 Å². The zero-order valence-electron chi connectivity index (χ0n) is 14.2. The molecule has 0 spiro atoms. The van der Waals surface area contributed by atoms with Crippen LogP contribution in [0.4, 0.5) is 0 Å². The van der Waals surface area contributed by atoms with Gasteiger partial charge < -0.3 is 24.8 Å². The van der Waals surface area contributed by atoms with Gasteiger partial charge in [-0.2, -0.15) is 0 Å². The Morgan fingerprint density at radius 2 is 1.65 bits per heavy atom. The molecule has 1 aliphatic rings. The Morgan fingerprint density at radius 3 is 2.22 bits per heavy atom. The van der Waals surface area contributed by atoms with Crippen LogP contribution >= 0.6 is 0 Å². The summed E-state index contributed by atoms with van der Waals surface area (Å²) in [6.07, 6.45) is 9.35. The van der Waals surface area contributed by atoms with Gasteiger partial charge in [-0.25, -0.2) is 0 Å². The molecule has 0 aromatic rings. The van der Waals surface area contributed by atoms with Gasteiger partial charge in [0.15, 0.2) is 0 Å². The third-order valence-electron chi connectivity index (χ3n) is 4.31. The van der Waals surface area contributed by atoms with Gasteiger partial charge in [0.25, 0.3) is 0 Å². The van der Waals surface area contributed by atoms with Crippen LogP contribution in [0.1, 0.15) is 57.8 Å². The van der Waals surface area contributed by atoms with E-state index in [0.717, 1.165) is 19.3 Å². The average Bonchev–Trinajstić information content (AvgIpc) is 2.88. The molecule has 0 saturated carbocycles. The Kier molecular flexibility index (Phi) is 11.5. The van der Waals surface area contributed by atoms with Crippen LogP contribution in [0.15, 0.2) is 12.7 Å². The van der Waals surface area contributed by atoms with Crippen LogP contribution in [0.5, 0.6) is 0 Å². The smallest absolute Gasteiger partial charge is 0.114 e. The number of allylic oxidation sites excluding steroid dienone is 1. The fraction of sp³-hybridized carbons (Fsp3) is 0.889. The van der Waals surface area contributed by atoms with Crippen LogP contribution in [-0.4, -0.2) is 59.6 Å². The normalized spacial score (nSPS) is 25.6. The van der Waals surface area contributed by atoms with E-state index in [1.165, 1.54) is 38.5 Å². The molecule has 0 bridgehead atoms. The van der Waals surface area contributed by atoms with Gasteiger partial charge in [-0.05, 0) is 19.3 Å². The van der Waals surface area contributed by atoms with Crippen molar-refractivity contribution in [3.05, 3.63) is 12.7 Å². The number of rotatable bonds is 14. The number of aliphatic hydroxyl groups is 3. The lowest BCUT2D eigenvalue weighted by Gasteiger charge is -2.20.